The minimum Gasteiger partial charge on any atom is -0.491 e. The number of aryl methyl sites for hydroxylation is 1. The number of fused-ring (bicyclic) bond motifs is 1. The van der Waals surface area contributed by atoms with E-state index in [2.05, 4.69) is 34.1 Å². The predicted molar refractivity (Wildman–Crippen MR) is 143 cm³/mol. The van der Waals surface area contributed by atoms with Gasteiger partial charge in [-0.25, -0.2) is 0 Å². The lowest BCUT2D eigenvalue weighted by Gasteiger charge is -2.35. The molecule has 1 aliphatic heterocycles. The van der Waals surface area contributed by atoms with Gasteiger partial charge in [-0.3, -0.25) is 14.6 Å². The maximum atomic E-state index is 12.9. The van der Waals surface area contributed by atoms with Crippen molar-refractivity contribution in [3.8, 4) is 17.2 Å². The second kappa shape index (κ2) is 11.6. The Balaban J connectivity index is 1.12. The molecule has 1 aromatic heterocycles. The SMILES string of the molecule is Cc1cccc(Oc2coc3cc(OC[C@@H](O)CN4CCN(Cc5ccccc5)CC4)ccc3c2=O)c1. The lowest BCUT2D eigenvalue weighted by Crippen LogP contribution is -2.48. The molecule has 1 atom stereocenters. The normalized spacial score (nSPS) is 15.5. The van der Waals surface area contributed by atoms with Gasteiger partial charge < -0.3 is 19.0 Å². The molecule has 7 nitrogen and oxygen atoms in total. The number of aliphatic hydroxyl groups is 1. The van der Waals surface area contributed by atoms with Crippen LogP contribution in [0.15, 0.2) is 88.3 Å². The molecule has 0 saturated carbocycles. The zero-order valence-corrected chi connectivity index (χ0v) is 21.0. The number of hydrogen-bond acceptors (Lipinski definition) is 7. The highest BCUT2D eigenvalue weighted by Crippen LogP contribution is 2.24. The molecule has 1 fully saturated rings. The van der Waals surface area contributed by atoms with Crippen LogP contribution >= 0.6 is 0 Å². The summed E-state index contributed by atoms with van der Waals surface area (Å²) in [5.74, 6) is 1.25. The van der Waals surface area contributed by atoms with Crippen LogP contribution in [0.4, 0.5) is 0 Å². The van der Waals surface area contributed by atoms with E-state index in [0.29, 0.717) is 29.0 Å². The van der Waals surface area contributed by atoms with E-state index in [4.69, 9.17) is 13.9 Å². The van der Waals surface area contributed by atoms with Gasteiger partial charge in [0.1, 0.15) is 36.1 Å². The fraction of sp³-hybridized carbons (Fsp3) is 0.300. The molecule has 1 saturated heterocycles. The second-order valence-corrected chi connectivity index (χ2v) is 9.53. The summed E-state index contributed by atoms with van der Waals surface area (Å²) in [6.45, 7) is 7.41. The van der Waals surface area contributed by atoms with E-state index in [1.165, 1.54) is 11.8 Å². The molecule has 1 N–H and O–H groups in total. The van der Waals surface area contributed by atoms with Crippen LogP contribution in [0.5, 0.6) is 17.2 Å². The van der Waals surface area contributed by atoms with Crippen molar-refractivity contribution >= 4 is 11.0 Å². The first-order valence-corrected chi connectivity index (χ1v) is 12.6. The van der Waals surface area contributed by atoms with E-state index in [0.717, 1.165) is 38.3 Å². The summed E-state index contributed by atoms with van der Waals surface area (Å²) < 4.78 is 17.2. The van der Waals surface area contributed by atoms with E-state index < -0.39 is 6.10 Å². The molecule has 0 spiro atoms. The molecule has 2 heterocycles. The maximum absolute atomic E-state index is 12.9. The highest BCUT2D eigenvalue weighted by molar-refractivity contribution is 5.79. The van der Waals surface area contributed by atoms with Gasteiger partial charge in [0.05, 0.1) is 5.39 Å². The number of nitrogens with zero attached hydrogens (tertiary/aromatic N) is 2. The average Bonchev–Trinajstić information content (AvgIpc) is 2.91. The first-order chi connectivity index (χ1) is 18.0. The summed E-state index contributed by atoms with van der Waals surface area (Å²) in [6.07, 6.45) is 0.705. The number of aliphatic hydroxyl groups excluding tert-OH is 1. The monoisotopic (exact) mass is 500 g/mol. The third kappa shape index (κ3) is 6.57. The summed E-state index contributed by atoms with van der Waals surface area (Å²) in [5.41, 5.74) is 2.52. The molecule has 192 valence electrons. The lowest BCUT2D eigenvalue weighted by atomic mass is 10.2. The van der Waals surface area contributed by atoms with Crippen LogP contribution in [-0.4, -0.2) is 60.3 Å². The molecule has 0 radical (unpaired) electrons. The minimum atomic E-state index is -0.617. The Labute approximate surface area is 216 Å². The molecular formula is C30H32N2O5. The average molecular weight is 501 g/mol. The predicted octanol–water partition coefficient (Wildman–Crippen LogP) is 4.45. The van der Waals surface area contributed by atoms with Crippen molar-refractivity contribution in [2.45, 2.75) is 19.6 Å². The molecule has 5 rings (SSSR count). The van der Waals surface area contributed by atoms with Gasteiger partial charge in [-0.15, -0.1) is 0 Å². The largest absolute Gasteiger partial charge is 0.491 e. The Kier molecular flexibility index (Phi) is 7.84. The zero-order chi connectivity index (χ0) is 25.6. The lowest BCUT2D eigenvalue weighted by molar-refractivity contribution is 0.0446. The van der Waals surface area contributed by atoms with E-state index in [1.54, 1.807) is 24.3 Å². The number of rotatable bonds is 9. The molecule has 37 heavy (non-hydrogen) atoms. The molecule has 0 amide bonds. The van der Waals surface area contributed by atoms with Crippen LogP contribution in [0.3, 0.4) is 0 Å². The smallest absolute Gasteiger partial charge is 0.235 e. The fourth-order valence-corrected chi connectivity index (χ4v) is 4.57. The quantitative estimate of drug-likeness (QED) is 0.364. The molecule has 3 aromatic carbocycles. The van der Waals surface area contributed by atoms with E-state index in [-0.39, 0.29) is 17.8 Å². The Morgan fingerprint density at radius 1 is 0.919 bits per heavy atom. The topological polar surface area (TPSA) is 75.4 Å². The summed E-state index contributed by atoms with van der Waals surface area (Å²) in [4.78, 5) is 17.6. The third-order valence-corrected chi connectivity index (χ3v) is 6.56. The van der Waals surface area contributed by atoms with Gasteiger partial charge in [-0.1, -0.05) is 42.5 Å². The van der Waals surface area contributed by atoms with Gasteiger partial charge in [-0.2, -0.15) is 0 Å². The molecule has 0 aliphatic carbocycles. The highest BCUT2D eigenvalue weighted by Gasteiger charge is 2.20. The summed E-state index contributed by atoms with van der Waals surface area (Å²) in [6, 6.07) is 23.0. The van der Waals surface area contributed by atoms with E-state index >= 15 is 0 Å². The van der Waals surface area contributed by atoms with Gasteiger partial charge in [0.25, 0.3) is 0 Å². The van der Waals surface area contributed by atoms with Gasteiger partial charge in [0.15, 0.2) is 0 Å². The maximum Gasteiger partial charge on any atom is 0.235 e. The van der Waals surface area contributed by atoms with Crippen LogP contribution in [0.2, 0.25) is 0 Å². The van der Waals surface area contributed by atoms with E-state index in [9.17, 15) is 9.90 Å². The van der Waals surface area contributed by atoms with Crippen molar-refractivity contribution in [1.82, 2.24) is 9.80 Å². The van der Waals surface area contributed by atoms with Crippen molar-refractivity contribution < 1.29 is 19.0 Å². The standard InChI is InChI=1S/C30H32N2O5/c1-22-6-5-9-26(16-22)37-29-21-36-28-17-25(10-11-27(28)30(29)34)35-20-24(33)19-32-14-12-31(13-15-32)18-23-7-3-2-4-8-23/h2-11,16-17,21,24,33H,12-15,18-20H2,1H3/t24-/m0/s1. The first kappa shape index (κ1) is 25.0. The van der Waals surface area contributed by atoms with Gasteiger partial charge in [-0.05, 0) is 42.3 Å². The summed E-state index contributed by atoms with van der Waals surface area (Å²) in [7, 11) is 0. The molecule has 7 heteroatoms. The van der Waals surface area contributed by atoms with Gasteiger partial charge in [0, 0.05) is 45.3 Å². The molecular weight excluding hydrogens is 468 g/mol. The second-order valence-electron chi connectivity index (χ2n) is 9.53. The molecule has 0 unspecified atom stereocenters. The first-order valence-electron chi connectivity index (χ1n) is 12.6. The van der Waals surface area contributed by atoms with E-state index in [1.807, 2.05) is 31.2 Å². The Morgan fingerprint density at radius 3 is 2.49 bits per heavy atom. The fourth-order valence-electron chi connectivity index (χ4n) is 4.57. The van der Waals surface area contributed by atoms with Crippen LogP contribution in [0.25, 0.3) is 11.0 Å². The number of piperazine rings is 1. The number of benzene rings is 3. The van der Waals surface area contributed by atoms with Crippen LogP contribution in [-0.2, 0) is 6.54 Å². The number of ether oxygens (including phenoxy) is 2. The van der Waals surface area contributed by atoms with Crippen molar-refractivity contribution in [3.05, 3.63) is 100 Å². The minimum absolute atomic E-state index is 0.131. The summed E-state index contributed by atoms with van der Waals surface area (Å²) >= 11 is 0. The highest BCUT2D eigenvalue weighted by atomic mass is 16.5. The van der Waals surface area contributed by atoms with Gasteiger partial charge in [0.2, 0.25) is 11.2 Å². The van der Waals surface area contributed by atoms with Crippen LogP contribution in [0.1, 0.15) is 11.1 Å². The van der Waals surface area contributed by atoms with Crippen molar-refractivity contribution in [1.29, 1.82) is 0 Å². The van der Waals surface area contributed by atoms with Crippen molar-refractivity contribution in [2.75, 3.05) is 39.3 Å². The zero-order valence-electron chi connectivity index (χ0n) is 21.0. The van der Waals surface area contributed by atoms with Crippen molar-refractivity contribution in [3.63, 3.8) is 0 Å². The van der Waals surface area contributed by atoms with Gasteiger partial charge >= 0.3 is 0 Å². The molecule has 4 aromatic rings. The van der Waals surface area contributed by atoms with Crippen LogP contribution < -0.4 is 14.9 Å². The molecule has 0 bridgehead atoms. The number of β-amino-alcohol motifs (C(OH)–C–C–N with tert-alkyl or cyclic N) is 1. The Morgan fingerprint density at radius 2 is 1.70 bits per heavy atom. The third-order valence-electron chi connectivity index (χ3n) is 6.56. The Hall–Kier alpha value is -3.65. The van der Waals surface area contributed by atoms with Crippen LogP contribution in [0, 0.1) is 6.92 Å². The summed E-state index contributed by atoms with van der Waals surface area (Å²) in [5, 5.41) is 11.0. The Bertz CT molecular complexity index is 1380. The molecule has 1 aliphatic rings. The van der Waals surface area contributed by atoms with Crippen molar-refractivity contribution in [2.24, 2.45) is 0 Å². The number of hydrogen-bond donors (Lipinski definition) is 1.